The Balaban J connectivity index is 1.38. The molecule has 174 valence electrons. The zero-order chi connectivity index (χ0) is 23.7. The van der Waals surface area contributed by atoms with Gasteiger partial charge in [0.2, 0.25) is 5.91 Å². The van der Waals surface area contributed by atoms with Crippen molar-refractivity contribution in [1.29, 1.82) is 0 Å². The summed E-state index contributed by atoms with van der Waals surface area (Å²) in [5, 5.41) is 8.09. The van der Waals surface area contributed by atoms with Gasteiger partial charge in [-0.2, -0.15) is 9.61 Å². The molecule has 0 aliphatic carbocycles. The topological polar surface area (TPSA) is 114 Å². The molecule has 1 fully saturated rings. The lowest BCUT2D eigenvalue weighted by Crippen LogP contribution is -2.44. The number of nitrogens with two attached hydrogens (primary N) is 1. The number of nitrogen functional groups attached to an aromatic ring is 1. The predicted molar refractivity (Wildman–Crippen MR) is 131 cm³/mol. The van der Waals surface area contributed by atoms with Crippen LogP contribution in [0.15, 0.2) is 49.1 Å². The van der Waals surface area contributed by atoms with Crippen molar-refractivity contribution in [2.24, 2.45) is 0 Å². The molecule has 5 heterocycles. The van der Waals surface area contributed by atoms with Gasteiger partial charge in [-0.25, -0.2) is 4.98 Å². The maximum atomic E-state index is 11.6. The molecule has 0 unspecified atom stereocenters. The number of likely N-dealkylation sites (tertiary alicyclic amines) is 1. The lowest BCUT2D eigenvalue weighted by Gasteiger charge is -2.31. The van der Waals surface area contributed by atoms with Gasteiger partial charge in [-0.1, -0.05) is 6.07 Å². The van der Waals surface area contributed by atoms with Crippen molar-refractivity contribution in [1.82, 2.24) is 34.8 Å². The van der Waals surface area contributed by atoms with Crippen LogP contribution in [-0.4, -0.2) is 54.5 Å². The van der Waals surface area contributed by atoms with Crippen LogP contribution in [0, 0.1) is 6.92 Å². The van der Waals surface area contributed by atoms with Gasteiger partial charge in [-0.15, -0.1) is 0 Å². The molecule has 0 aromatic carbocycles. The van der Waals surface area contributed by atoms with Crippen molar-refractivity contribution in [2.45, 2.75) is 39.3 Å². The van der Waals surface area contributed by atoms with Crippen LogP contribution in [0.4, 0.5) is 5.82 Å². The number of nitrogens with zero attached hydrogens (tertiary/aromatic N) is 6. The molecular weight excluding hydrogens is 428 g/mol. The molecule has 1 amide bonds. The minimum Gasteiger partial charge on any atom is -0.383 e. The first kappa shape index (κ1) is 22.0. The third kappa shape index (κ3) is 4.22. The van der Waals surface area contributed by atoms with Gasteiger partial charge in [-0.3, -0.25) is 14.8 Å². The highest BCUT2D eigenvalue weighted by Crippen LogP contribution is 2.28. The van der Waals surface area contributed by atoms with Crippen LogP contribution in [0.5, 0.6) is 0 Å². The lowest BCUT2D eigenvalue weighted by molar-refractivity contribution is -0.129. The SMILES string of the molecule is CC(=O)N1CCC(NCc2nc3c(-c4ccc(-c5cccnc5)nc4)cnn3c(N)c2C)CC1. The number of amides is 1. The summed E-state index contributed by atoms with van der Waals surface area (Å²) in [4.78, 5) is 27.2. The van der Waals surface area contributed by atoms with Crippen molar-refractivity contribution >= 4 is 17.4 Å². The van der Waals surface area contributed by atoms with E-state index in [1.165, 1.54) is 0 Å². The summed E-state index contributed by atoms with van der Waals surface area (Å²) in [6, 6.07) is 8.22. The van der Waals surface area contributed by atoms with Crippen LogP contribution in [-0.2, 0) is 11.3 Å². The minimum absolute atomic E-state index is 0.144. The molecule has 1 aliphatic heterocycles. The van der Waals surface area contributed by atoms with Crippen molar-refractivity contribution in [3.8, 4) is 22.4 Å². The third-order valence-corrected chi connectivity index (χ3v) is 6.56. The average Bonchev–Trinajstić information content (AvgIpc) is 3.30. The van der Waals surface area contributed by atoms with Crippen molar-refractivity contribution in [3.05, 3.63) is 60.3 Å². The van der Waals surface area contributed by atoms with E-state index in [-0.39, 0.29) is 5.91 Å². The Labute approximate surface area is 198 Å². The monoisotopic (exact) mass is 456 g/mol. The van der Waals surface area contributed by atoms with Crippen LogP contribution in [0.1, 0.15) is 31.0 Å². The molecule has 5 rings (SSSR count). The fraction of sp³-hybridized carbons (Fsp3) is 0.320. The number of hydrogen-bond acceptors (Lipinski definition) is 7. The summed E-state index contributed by atoms with van der Waals surface area (Å²) in [5.41, 5.74) is 12.6. The number of pyridine rings is 2. The lowest BCUT2D eigenvalue weighted by atomic mass is 10.0. The average molecular weight is 457 g/mol. The van der Waals surface area contributed by atoms with E-state index in [4.69, 9.17) is 10.7 Å². The van der Waals surface area contributed by atoms with Crippen molar-refractivity contribution < 1.29 is 4.79 Å². The van der Waals surface area contributed by atoms with E-state index in [9.17, 15) is 4.79 Å². The third-order valence-electron chi connectivity index (χ3n) is 6.56. The van der Waals surface area contributed by atoms with E-state index in [1.54, 1.807) is 30.0 Å². The number of carbonyl (C=O) groups is 1. The Morgan fingerprint density at radius 2 is 1.97 bits per heavy atom. The van der Waals surface area contributed by atoms with E-state index in [1.807, 2.05) is 42.3 Å². The number of carbonyl (C=O) groups excluding carboxylic acids is 1. The predicted octanol–water partition coefficient (Wildman–Crippen LogP) is 2.84. The van der Waals surface area contributed by atoms with Crippen LogP contribution >= 0.6 is 0 Å². The summed E-state index contributed by atoms with van der Waals surface area (Å²) in [7, 11) is 0. The number of fused-ring (bicyclic) bond motifs is 1. The molecule has 1 aliphatic rings. The standard InChI is InChI=1S/C25H28N8O/c1-16-23(15-28-20-7-10-32(11-8-20)17(2)34)31-25-21(14-30-33(25)24(16)26)18-5-6-22(29-13-18)19-4-3-9-27-12-19/h3-6,9,12-14,20,28H,7-8,10-11,15,26H2,1-2H3. The number of aromatic nitrogens is 5. The molecule has 1 saturated heterocycles. The first-order valence-corrected chi connectivity index (χ1v) is 11.5. The van der Waals surface area contributed by atoms with Gasteiger partial charge in [0.05, 0.1) is 17.6 Å². The van der Waals surface area contributed by atoms with Gasteiger partial charge in [0.25, 0.3) is 0 Å². The van der Waals surface area contributed by atoms with Crippen LogP contribution < -0.4 is 11.1 Å². The van der Waals surface area contributed by atoms with Gasteiger partial charge in [0.1, 0.15) is 5.82 Å². The molecule has 0 radical (unpaired) electrons. The molecule has 0 spiro atoms. The molecule has 9 nitrogen and oxygen atoms in total. The zero-order valence-corrected chi connectivity index (χ0v) is 19.4. The summed E-state index contributed by atoms with van der Waals surface area (Å²) in [6.45, 7) is 5.79. The van der Waals surface area contributed by atoms with E-state index in [2.05, 4.69) is 20.4 Å². The first-order chi connectivity index (χ1) is 16.5. The Hall–Kier alpha value is -3.85. The quantitative estimate of drug-likeness (QED) is 0.475. The van der Waals surface area contributed by atoms with E-state index in [0.29, 0.717) is 24.1 Å². The molecular formula is C25H28N8O. The second kappa shape index (κ2) is 9.18. The van der Waals surface area contributed by atoms with Gasteiger partial charge < -0.3 is 16.0 Å². The number of anilines is 1. The van der Waals surface area contributed by atoms with Gasteiger partial charge in [0, 0.05) is 73.4 Å². The summed E-state index contributed by atoms with van der Waals surface area (Å²) < 4.78 is 1.69. The molecule has 0 saturated carbocycles. The van der Waals surface area contributed by atoms with Gasteiger partial charge in [-0.05, 0) is 38.0 Å². The van der Waals surface area contributed by atoms with Crippen molar-refractivity contribution in [3.63, 3.8) is 0 Å². The maximum Gasteiger partial charge on any atom is 0.219 e. The summed E-state index contributed by atoms with van der Waals surface area (Å²) >= 11 is 0. The largest absolute Gasteiger partial charge is 0.383 e. The van der Waals surface area contributed by atoms with Crippen LogP contribution in [0.2, 0.25) is 0 Å². The Morgan fingerprint density at radius 3 is 2.65 bits per heavy atom. The summed E-state index contributed by atoms with van der Waals surface area (Å²) in [6.07, 6.45) is 9.03. The second-order valence-electron chi connectivity index (χ2n) is 8.70. The molecule has 3 N–H and O–H groups in total. The Bertz CT molecular complexity index is 1310. The van der Waals surface area contributed by atoms with E-state index < -0.39 is 0 Å². The number of nitrogens with one attached hydrogen (secondary N) is 1. The maximum absolute atomic E-state index is 11.6. The number of rotatable bonds is 5. The second-order valence-corrected chi connectivity index (χ2v) is 8.70. The normalized spacial score (nSPS) is 14.6. The summed E-state index contributed by atoms with van der Waals surface area (Å²) in [5.74, 6) is 0.727. The molecule has 0 bridgehead atoms. The van der Waals surface area contributed by atoms with Gasteiger partial charge >= 0.3 is 0 Å². The first-order valence-electron chi connectivity index (χ1n) is 11.5. The van der Waals surface area contributed by atoms with E-state index >= 15 is 0 Å². The highest BCUT2D eigenvalue weighted by molar-refractivity contribution is 5.79. The molecule has 0 atom stereocenters. The fourth-order valence-corrected chi connectivity index (χ4v) is 4.40. The molecule has 4 aromatic heterocycles. The van der Waals surface area contributed by atoms with E-state index in [0.717, 1.165) is 59.6 Å². The Morgan fingerprint density at radius 1 is 1.15 bits per heavy atom. The van der Waals surface area contributed by atoms with Crippen LogP contribution in [0.3, 0.4) is 0 Å². The molecule has 34 heavy (non-hydrogen) atoms. The van der Waals surface area contributed by atoms with Crippen LogP contribution in [0.25, 0.3) is 28.0 Å². The highest BCUT2D eigenvalue weighted by atomic mass is 16.2. The molecule has 4 aromatic rings. The smallest absolute Gasteiger partial charge is 0.219 e. The molecule has 9 heteroatoms. The fourth-order valence-electron chi connectivity index (χ4n) is 4.40. The Kier molecular flexibility index (Phi) is 5.93. The number of piperidine rings is 1. The zero-order valence-electron chi connectivity index (χ0n) is 19.4. The van der Waals surface area contributed by atoms with Gasteiger partial charge in [0.15, 0.2) is 5.65 Å². The number of hydrogen-bond donors (Lipinski definition) is 2. The van der Waals surface area contributed by atoms with Crippen molar-refractivity contribution in [2.75, 3.05) is 18.8 Å². The minimum atomic E-state index is 0.144. The highest BCUT2D eigenvalue weighted by Gasteiger charge is 2.21.